The zero-order valence-corrected chi connectivity index (χ0v) is 22.4. The van der Waals surface area contributed by atoms with Gasteiger partial charge in [0.15, 0.2) is 5.82 Å². The summed E-state index contributed by atoms with van der Waals surface area (Å²) in [5, 5.41) is 14.0. The number of benzene rings is 1. The van der Waals surface area contributed by atoms with Crippen molar-refractivity contribution in [3.05, 3.63) is 46.8 Å². The van der Waals surface area contributed by atoms with E-state index in [-0.39, 0.29) is 17.4 Å². The molecule has 0 radical (unpaired) electrons. The summed E-state index contributed by atoms with van der Waals surface area (Å²) >= 11 is 0. The van der Waals surface area contributed by atoms with Crippen LogP contribution in [0.1, 0.15) is 57.8 Å². The fourth-order valence-electron chi connectivity index (χ4n) is 5.91. The van der Waals surface area contributed by atoms with E-state index in [4.69, 9.17) is 14.2 Å². The number of amides is 1. The number of fused-ring (bicyclic) bond motifs is 2. The van der Waals surface area contributed by atoms with Crippen LogP contribution in [0.4, 0.5) is 0 Å². The van der Waals surface area contributed by atoms with Crippen LogP contribution >= 0.6 is 0 Å². The standard InChI is InChI=1S/C29H35N5O3/c1-18(2)36-25-7-6-20(14-21(25)16-30)28-31-27(32-37-28)23-12-19(3)13-24-22(23)8-9-29(24)15-26(35)34(17-29)11-10-33(4)5/h6-7,13-14,18-19H,8-12,15,17H2,1-5H3/t19?,29-/m0/s1. The van der Waals surface area contributed by atoms with Crippen molar-refractivity contribution in [3.8, 4) is 23.3 Å². The highest BCUT2D eigenvalue weighted by Crippen LogP contribution is 2.56. The second-order valence-corrected chi connectivity index (χ2v) is 11.2. The smallest absolute Gasteiger partial charge is 0.258 e. The molecule has 8 nitrogen and oxygen atoms in total. The Morgan fingerprint density at radius 2 is 2.14 bits per heavy atom. The Morgan fingerprint density at radius 1 is 1.32 bits per heavy atom. The van der Waals surface area contributed by atoms with Gasteiger partial charge in [0.2, 0.25) is 5.91 Å². The molecule has 2 heterocycles. The van der Waals surface area contributed by atoms with E-state index in [1.165, 1.54) is 11.1 Å². The van der Waals surface area contributed by atoms with Gasteiger partial charge in [-0.2, -0.15) is 10.2 Å². The third-order valence-corrected chi connectivity index (χ3v) is 7.65. The first-order valence-corrected chi connectivity index (χ1v) is 13.1. The van der Waals surface area contributed by atoms with Gasteiger partial charge in [-0.05, 0) is 82.5 Å². The Bertz CT molecular complexity index is 1320. The summed E-state index contributed by atoms with van der Waals surface area (Å²) in [6.07, 6.45) is 5.67. The molecular weight excluding hydrogens is 466 g/mol. The molecule has 37 heavy (non-hydrogen) atoms. The average molecular weight is 502 g/mol. The summed E-state index contributed by atoms with van der Waals surface area (Å²) in [6.45, 7) is 8.49. The average Bonchev–Trinajstić information content (AvgIpc) is 3.55. The van der Waals surface area contributed by atoms with Crippen LogP contribution in [0.15, 0.2) is 39.9 Å². The number of rotatable bonds is 7. The Balaban J connectivity index is 1.43. The van der Waals surface area contributed by atoms with Gasteiger partial charge >= 0.3 is 0 Å². The van der Waals surface area contributed by atoms with Gasteiger partial charge in [0.05, 0.1) is 11.7 Å². The van der Waals surface area contributed by atoms with E-state index in [1.54, 1.807) is 12.1 Å². The molecular formula is C29H35N5O3. The van der Waals surface area contributed by atoms with Crippen LogP contribution in [0.3, 0.4) is 0 Å². The summed E-state index contributed by atoms with van der Waals surface area (Å²) in [5.41, 5.74) is 4.74. The van der Waals surface area contributed by atoms with Gasteiger partial charge in [-0.1, -0.05) is 18.2 Å². The lowest BCUT2D eigenvalue weighted by Crippen LogP contribution is -2.34. The number of hydrogen-bond donors (Lipinski definition) is 0. The van der Waals surface area contributed by atoms with Crippen LogP contribution < -0.4 is 4.74 Å². The first-order chi connectivity index (χ1) is 17.7. The number of allylic oxidation sites excluding steroid dienone is 3. The minimum absolute atomic E-state index is 0.0261. The predicted molar refractivity (Wildman–Crippen MR) is 140 cm³/mol. The topological polar surface area (TPSA) is 95.5 Å². The lowest BCUT2D eigenvalue weighted by atomic mass is 9.75. The van der Waals surface area contributed by atoms with Gasteiger partial charge in [-0.15, -0.1) is 0 Å². The van der Waals surface area contributed by atoms with Crippen LogP contribution in [-0.2, 0) is 4.79 Å². The van der Waals surface area contributed by atoms with Crippen molar-refractivity contribution in [2.24, 2.45) is 11.3 Å². The SMILES string of the molecule is CC1C=C2C(=C(c3noc(-c4ccc(OC(C)C)c(C#N)c4)n3)C1)CC[C@@]21CC(=O)N(CCN(C)C)C1. The van der Waals surface area contributed by atoms with Crippen molar-refractivity contribution in [1.29, 1.82) is 5.26 Å². The summed E-state index contributed by atoms with van der Waals surface area (Å²) in [7, 11) is 4.08. The lowest BCUT2D eigenvalue weighted by Gasteiger charge is -2.29. The molecule has 1 saturated carbocycles. The van der Waals surface area contributed by atoms with Crippen LogP contribution in [-0.4, -0.2) is 65.7 Å². The van der Waals surface area contributed by atoms with Gasteiger partial charge in [-0.25, -0.2) is 0 Å². The van der Waals surface area contributed by atoms with Gasteiger partial charge in [0.1, 0.15) is 11.8 Å². The molecule has 2 fully saturated rings. The molecule has 194 valence electrons. The van der Waals surface area contributed by atoms with Crippen LogP contribution in [0, 0.1) is 22.7 Å². The zero-order valence-electron chi connectivity index (χ0n) is 22.4. The van der Waals surface area contributed by atoms with Crippen LogP contribution in [0.25, 0.3) is 17.0 Å². The van der Waals surface area contributed by atoms with Crippen molar-refractivity contribution in [2.75, 3.05) is 33.7 Å². The minimum atomic E-state index is -0.112. The molecule has 5 rings (SSSR count). The number of nitriles is 1. The Kier molecular flexibility index (Phi) is 6.67. The molecule has 8 heteroatoms. The second kappa shape index (κ2) is 9.79. The summed E-state index contributed by atoms with van der Waals surface area (Å²) in [4.78, 5) is 21.9. The quantitative estimate of drug-likeness (QED) is 0.543. The molecule has 1 aromatic carbocycles. The number of carbonyl (C=O) groups is 1. The van der Waals surface area contributed by atoms with E-state index in [2.05, 4.69) is 29.1 Å². The van der Waals surface area contributed by atoms with Gasteiger partial charge < -0.3 is 19.1 Å². The number of likely N-dealkylation sites (tertiary alicyclic amines) is 1. The molecule has 3 aliphatic rings. The first kappa shape index (κ1) is 25.2. The molecule has 1 saturated heterocycles. The van der Waals surface area contributed by atoms with Crippen molar-refractivity contribution >= 4 is 11.5 Å². The molecule has 1 spiro atoms. The maximum atomic E-state index is 12.9. The van der Waals surface area contributed by atoms with Crippen molar-refractivity contribution in [2.45, 2.75) is 52.6 Å². The molecule has 1 aromatic heterocycles. The minimum Gasteiger partial charge on any atom is -0.490 e. The number of ether oxygens (including phenoxy) is 1. The Labute approximate surface area is 218 Å². The lowest BCUT2D eigenvalue weighted by molar-refractivity contribution is -0.127. The highest BCUT2D eigenvalue weighted by atomic mass is 16.5. The number of aromatic nitrogens is 2. The molecule has 1 amide bonds. The summed E-state index contributed by atoms with van der Waals surface area (Å²) in [5.74, 6) is 2.12. The maximum Gasteiger partial charge on any atom is 0.258 e. The maximum absolute atomic E-state index is 12.9. The van der Waals surface area contributed by atoms with E-state index in [1.807, 2.05) is 38.9 Å². The van der Waals surface area contributed by atoms with Gasteiger partial charge in [-0.3, -0.25) is 4.79 Å². The van der Waals surface area contributed by atoms with Crippen LogP contribution in [0.2, 0.25) is 0 Å². The molecule has 1 aliphatic heterocycles. The number of hydrogen-bond acceptors (Lipinski definition) is 7. The van der Waals surface area contributed by atoms with E-state index in [0.29, 0.717) is 40.9 Å². The molecule has 2 aliphatic carbocycles. The monoisotopic (exact) mass is 501 g/mol. The van der Waals surface area contributed by atoms with Crippen molar-refractivity contribution < 1.29 is 14.1 Å². The van der Waals surface area contributed by atoms with E-state index >= 15 is 0 Å². The van der Waals surface area contributed by atoms with Crippen molar-refractivity contribution in [3.63, 3.8) is 0 Å². The third-order valence-electron chi connectivity index (χ3n) is 7.65. The summed E-state index contributed by atoms with van der Waals surface area (Å²) < 4.78 is 11.4. The number of likely N-dealkylation sites (N-methyl/N-ethyl adjacent to an activating group) is 1. The number of carbonyl (C=O) groups excluding carboxylic acids is 1. The zero-order chi connectivity index (χ0) is 26.3. The molecule has 1 unspecified atom stereocenters. The fraction of sp³-hybridized carbons (Fsp3) is 0.517. The van der Waals surface area contributed by atoms with Gasteiger partial charge in [0.25, 0.3) is 5.89 Å². The van der Waals surface area contributed by atoms with E-state index < -0.39 is 0 Å². The highest BCUT2D eigenvalue weighted by molar-refractivity contribution is 5.83. The number of nitrogens with zero attached hydrogens (tertiary/aromatic N) is 5. The largest absolute Gasteiger partial charge is 0.490 e. The highest BCUT2D eigenvalue weighted by Gasteiger charge is 2.51. The Hall–Kier alpha value is -3.44. The van der Waals surface area contributed by atoms with Crippen LogP contribution in [0.5, 0.6) is 5.75 Å². The Morgan fingerprint density at radius 3 is 2.86 bits per heavy atom. The molecule has 2 atom stereocenters. The third kappa shape index (κ3) is 4.80. The molecule has 0 N–H and O–H groups in total. The van der Waals surface area contributed by atoms with Gasteiger partial charge in [0, 0.05) is 42.6 Å². The molecule has 2 aromatic rings. The van der Waals surface area contributed by atoms with E-state index in [9.17, 15) is 10.1 Å². The van der Waals surface area contributed by atoms with Crippen molar-refractivity contribution in [1.82, 2.24) is 19.9 Å². The fourth-order valence-corrected chi connectivity index (χ4v) is 5.91. The van der Waals surface area contributed by atoms with E-state index in [0.717, 1.165) is 44.5 Å². The second-order valence-electron chi connectivity index (χ2n) is 11.2. The molecule has 0 bridgehead atoms. The normalized spacial score (nSPS) is 23.3. The summed E-state index contributed by atoms with van der Waals surface area (Å²) in [6, 6.07) is 7.56. The first-order valence-electron chi connectivity index (χ1n) is 13.1. The predicted octanol–water partition coefficient (Wildman–Crippen LogP) is 4.69.